The fourth-order valence-corrected chi connectivity index (χ4v) is 2.84. The number of benzene rings is 1. The normalized spacial score (nSPS) is 10.9. The minimum atomic E-state index is -0.216. The number of carbonyl (C=O) groups excluding carboxylic acids is 1. The molecule has 2 aromatic heterocycles. The summed E-state index contributed by atoms with van der Waals surface area (Å²) in [6.07, 6.45) is 1.64. The Kier molecular flexibility index (Phi) is 4.05. The zero-order valence-electron chi connectivity index (χ0n) is 11.8. The number of aromatic nitrogens is 2. The summed E-state index contributed by atoms with van der Waals surface area (Å²) in [5.74, 6) is -0.216. The predicted molar refractivity (Wildman–Crippen MR) is 87.6 cm³/mol. The van der Waals surface area contributed by atoms with Crippen LogP contribution in [0.4, 0.5) is 0 Å². The van der Waals surface area contributed by atoms with E-state index in [4.69, 9.17) is 23.2 Å². The van der Waals surface area contributed by atoms with Crippen LogP contribution in [0, 0.1) is 6.92 Å². The molecule has 0 aliphatic rings. The summed E-state index contributed by atoms with van der Waals surface area (Å²) in [5, 5.41) is 3.75. The number of fused-ring (bicyclic) bond motifs is 1. The molecular weight excluding hydrogens is 321 g/mol. The van der Waals surface area contributed by atoms with Crippen molar-refractivity contribution >= 4 is 34.8 Å². The number of nitrogens with one attached hydrogen (secondary N) is 1. The molecule has 112 valence electrons. The summed E-state index contributed by atoms with van der Waals surface area (Å²) in [6.45, 7) is 2.22. The molecule has 2 heterocycles. The van der Waals surface area contributed by atoms with Crippen LogP contribution >= 0.6 is 23.2 Å². The van der Waals surface area contributed by atoms with E-state index in [1.807, 2.05) is 30.3 Å². The average molecular weight is 334 g/mol. The van der Waals surface area contributed by atoms with Crippen LogP contribution in [0.5, 0.6) is 0 Å². The Bertz CT molecular complexity index is 843. The SMILES string of the molecule is Cc1nc2c(Cl)cc(Cl)cn2c1C(=O)NCc1ccccc1. The maximum absolute atomic E-state index is 12.5. The first-order valence-electron chi connectivity index (χ1n) is 6.72. The lowest BCUT2D eigenvalue weighted by Gasteiger charge is -2.07. The molecule has 0 aliphatic heterocycles. The van der Waals surface area contributed by atoms with Crippen molar-refractivity contribution < 1.29 is 4.79 Å². The van der Waals surface area contributed by atoms with Gasteiger partial charge in [-0.05, 0) is 18.6 Å². The first kappa shape index (κ1) is 14.9. The number of rotatable bonds is 3. The van der Waals surface area contributed by atoms with Crippen LogP contribution in [-0.2, 0) is 6.54 Å². The molecule has 6 heteroatoms. The number of pyridine rings is 1. The lowest BCUT2D eigenvalue weighted by molar-refractivity contribution is 0.0944. The summed E-state index contributed by atoms with van der Waals surface area (Å²) in [5.41, 5.74) is 2.59. The van der Waals surface area contributed by atoms with E-state index in [1.165, 1.54) is 0 Å². The van der Waals surface area contributed by atoms with Gasteiger partial charge in [0.25, 0.3) is 5.91 Å². The van der Waals surface area contributed by atoms with Gasteiger partial charge in [-0.1, -0.05) is 53.5 Å². The Labute approximate surface area is 137 Å². The maximum Gasteiger partial charge on any atom is 0.270 e. The third-order valence-electron chi connectivity index (χ3n) is 3.33. The van der Waals surface area contributed by atoms with Gasteiger partial charge in [0.15, 0.2) is 5.65 Å². The van der Waals surface area contributed by atoms with Crippen molar-refractivity contribution in [3.05, 3.63) is 69.6 Å². The van der Waals surface area contributed by atoms with Crippen molar-refractivity contribution in [2.24, 2.45) is 0 Å². The zero-order chi connectivity index (χ0) is 15.7. The number of hydrogen-bond donors (Lipinski definition) is 1. The fraction of sp³-hybridized carbons (Fsp3) is 0.125. The van der Waals surface area contributed by atoms with E-state index >= 15 is 0 Å². The van der Waals surface area contributed by atoms with Crippen LogP contribution in [0.2, 0.25) is 10.0 Å². The topological polar surface area (TPSA) is 46.4 Å². The third kappa shape index (κ3) is 2.80. The van der Waals surface area contributed by atoms with E-state index < -0.39 is 0 Å². The summed E-state index contributed by atoms with van der Waals surface area (Å²) in [7, 11) is 0. The van der Waals surface area contributed by atoms with Gasteiger partial charge in [-0.2, -0.15) is 0 Å². The van der Waals surface area contributed by atoms with Gasteiger partial charge >= 0.3 is 0 Å². The molecule has 3 rings (SSSR count). The molecule has 0 saturated carbocycles. The second-order valence-corrected chi connectivity index (χ2v) is 5.76. The molecule has 0 aliphatic carbocycles. The van der Waals surface area contributed by atoms with Crippen molar-refractivity contribution in [2.75, 3.05) is 0 Å². The summed E-state index contributed by atoms with van der Waals surface area (Å²) < 4.78 is 1.63. The Morgan fingerprint density at radius 3 is 2.73 bits per heavy atom. The summed E-state index contributed by atoms with van der Waals surface area (Å²) >= 11 is 12.1. The number of hydrogen-bond acceptors (Lipinski definition) is 2. The van der Waals surface area contributed by atoms with E-state index in [-0.39, 0.29) is 5.91 Å². The third-order valence-corrected chi connectivity index (χ3v) is 3.81. The van der Waals surface area contributed by atoms with Crippen LogP contribution in [-0.4, -0.2) is 15.3 Å². The van der Waals surface area contributed by atoms with Gasteiger partial charge in [0.1, 0.15) is 5.69 Å². The molecule has 0 bridgehead atoms. The van der Waals surface area contributed by atoms with Gasteiger partial charge in [0.05, 0.1) is 15.7 Å². The van der Waals surface area contributed by atoms with Gasteiger partial charge < -0.3 is 5.32 Å². The molecule has 0 atom stereocenters. The largest absolute Gasteiger partial charge is 0.347 e. The molecular formula is C16H13Cl2N3O. The second-order valence-electron chi connectivity index (χ2n) is 4.91. The number of halogens is 2. The molecule has 1 N–H and O–H groups in total. The zero-order valence-corrected chi connectivity index (χ0v) is 13.3. The number of aryl methyl sites for hydroxylation is 1. The predicted octanol–water partition coefficient (Wildman–Crippen LogP) is 3.88. The lowest BCUT2D eigenvalue weighted by atomic mass is 10.2. The van der Waals surface area contributed by atoms with Crippen molar-refractivity contribution in [1.29, 1.82) is 0 Å². The standard InChI is InChI=1S/C16H13Cl2N3O/c1-10-14(16(22)19-8-11-5-3-2-4-6-11)21-9-12(17)7-13(18)15(21)20-10/h2-7,9H,8H2,1H3,(H,19,22). The quantitative estimate of drug-likeness (QED) is 0.790. The van der Waals surface area contributed by atoms with Gasteiger partial charge in [0, 0.05) is 12.7 Å². The Morgan fingerprint density at radius 2 is 2.00 bits per heavy atom. The fourth-order valence-electron chi connectivity index (χ4n) is 2.32. The highest BCUT2D eigenvalue weighted by Gasteiger charge is 2.18. The molecule has 3 aromatic rings. The highest BCUT2D eigenvalue weighted by Crippen LogP contribution is 2.24. The van der Waals surface area contributed by atoms with Gasteiger partial charge in [-0.15, -0.1) is 0 Å². The van der Waals surface area contributed by atoms with E-state index in [2.05, 4.69) is 10.3 Å². The molecule has 0 fully saturated rings. The van der Waals surface area contributed by atoms with Crippen LogP contribution in [0.3, 0.4) is 0 Å². The van der Waals surface area contributed by atoms with E-state index in [9.17, 15) is 4.79 Å². The second kappa shape index (κ2) is 5.99. The van der Waals surface area contributed by atoms with Crippen molar-refractivity contribution in [2.45, 2.75) is 13.5 Å². The molecule has 0 saturated heterocycles. The van der Waals surface area contributed by atoms with E-state index in [0.29, 0.717) is 33.6 Å². The van der Waals surface area contributed by atoms with E-state index in [1.54, 1.807) is 23.6 Å². The number of nitrogens with zero attached hydrogens (tertiary/aromatic N) is 2. The molecule has 0 unspecified atom stereocenters. The Hall–Kier alpha value is -2.04. The highest BCUT2D eigenvalue weighted by atomic mass is 35.5. The minimum absolute atomic E-state index is 0.216. The number of imidazole rings is 1. The number of carbonyl (C=O) groups is 1. The molecule has 0 radical (unpaired) electrons. The van der Waals surface area contributed by atoms with Crippen LogP contribution < -0.4 is 5.32 Å². The van der Waals surface area contributed by atoms with Gasteiger partial charge in [-0.25, -0.2) is 4.98 Å². The lowest BCUT2D eigenvalue weighted by Crippen LogP contribution is -2.25. The monoisotopic (exact) mass is 333 g/mol. The Balaban J connectivity index is 1.92. The molecule has 22 heavy (non-hydrogen) atoms. The first-order chi connectivity index (χ1) is 10.6. The molecule has 1 aromatic carbocycles. The highest BCUT2D eigenvalue weighted by molar-refractivity contribution is 6.36. The van der Waals surface area contributed by atoms with E-state index in [0.717, 1.165) is 5.56 Å². The summed E-state index contributed by atoms with van der Waals surface area (Å²) in [6, 6.07) is 11.3. The Morgan fingerprint density at radius 1 is 1.27 bits per heavy atom. The van der Waals surface area contributed by atoms with Crippen LogP contribution in [0.15, 0.2) is 42.6 Å². The number of amides is 1. The first-order valence-corrected chi connectivity index (χ1v) is 7.47. The average Bonchev–Trinajstić information content (AvgIpc) is 2.82. The smallest absolute Gasteiger partial charge is 0.270 e. The molecule has 0 spiro atoms. The van der Waals surface area contributed by atoms with Crippen molar-refractivity contribution in [3.63, 3.8) is 0 Å². The van der Waals surface area contributed by atoms with Crippen LogP contribution in [0.25, 0.3) is 5.65 Å². The molecule has 1 amide bonds. The minimum Gasteiger partial charge on any atom is -0.347 e. The van der Waals surface area contributed by atoms with Crippen molar-refractivity contribution in [3.8, 4) is 0 Å². The van der Waals surface area contributed by atoms with Crippen LogP contribution in [0.1, 0.15) is 21.7 Å². The maximum atomic E-state index is 12.5. The van der Waals surface area contributed by atoms with Crippen molar-refractivity contribution in [1.82, 2.24) is 14.7 Å². The molecule has 4 nitrogen and oxygen atoms in total. The van der Waals surface area contributed by atoms with Gasteiger partial charge in [-0.3, -0.25) is 9.20 Å². The van der Waals surface area contributed by atoms with Gasteiger partial charge in [0.2, 0.25) is 0 Å². The summed E-state index contributed by atoms with van der Waals surface area (Å²) in [4.78, 5) is 16.8.